The lowest BCUT2D eigenvalue weighted by molar-refractivity contribution is 0.00548. The number of hydrogen-bond acceptors (Lipinski definition) is 7. The SMILES string of the molecule is CC(C)COCC(O)CN(Cc1c(-c2ccccc2F)noc1N1CCOCC1)C1CC1. The van der Waals surface area contributed by atoms with E-state index in [2.05, 4.69) is 28.8 Å². The van der Waals surface area contributed by atoms with Gasteiger partial charge in [0.15, 0.2) is 0 Å². The number of rotatable bonds is 11. The average Bonchev–Trinajstić information content (AvgIpc) is 3.55. The fourth-order valence-corrected chi connectivity index (χ4v) is 4.07. The van der Waals surface area contributed by atoms with Gasteiger partial charge in [-0.1, -0.05) is 31.1 Å². The molecular formula is C24H34FN3O4. The van der Waals surface area contributed by atoms with Gasteiger partial charge >= 0.3 is 0 Å². The third kappa shape index (κ3) is 5.86. The van der Waals surface area contributed by atoms with Crippen molar-refractivity contribution in [1.82, 2.24) is 10.1 Å². The Hall–Kier alpha value is -2.00. The summed E-state index contributed by atoms with van der Waals surface area (Å²) in [6.45, 7) is 8.78. The molecule has 2 fully saturated rings. The summed E-state index contributed by atoms with van der Waals surface area (Å²) in [7, 11) is 0. The molecule has 1 atom stereocenters. The van der Waals surface area contributed by atoms with Crippen LogP contribution in [0.25, 0.3) is 11.3 Å². The summed E-state index contributed by atoms with van der Waals surface area (Å²) in [5.41, 5.74) is 1.82. The van der Waals surface area contributed by atoms with Gasteiger partial charge in [-0.25, -0.2) is 4.39 Å². The van der Waals surface area contributed by atoms with E-state index in [-0.39, 0.29) is 5.82 Å². The molecule has 8 heteroatoms. The molecule has 1 aromatic heterocycles. The molecule has 0 amide bonds. The first-order chi connectivity index (χ1) is 15.5. The number of morpholine rings is 1. The van der Waals surface area contributed by atoms with Crippen LogP contribution in [0.1, 0.15) is 32.3 Å². The first-order valence-electron chi connectivity index (χ1n) is 11.6. The van der Waals surface area contributed by atoms with Crippen LogP contribution in [-0.4, -0.2) is 73.4 Å². The Morgan fingerprint density at radius 1 is 1.22 bits per heavy atom. The second-order valence-corrected chi connectivity index (χ2v) is 9.14. The first-order valence-corrected chi connectivity index (χ1v) is 11.6. The van der Waals surface area contributed by atoms with Crippen molar-refractivity contribution in [2.24, 2.45) is 5.92 Å². The molecule has 1 saturated carbocycles. The van der Waals surface area contributed by atoms with Gasteiger partial charge in [0.2, 0.25) is 5.88 Å². The number of aliphatic hydroxyl groups excluding tert-OH is 1. The molecule has 1 aromatic carbocycles. The van der Waals surface area contributed by atoms with Crippen LogP contribution >= 0.6 is 0 Å². The summed E-state index contributed by atoms with van der Waals surface area (Å²) in [4.78, 5) is 4.37. The molecule has 1 aliphatic carbocycles. The van der Waals surface area contributed by atoms with E-state index in [0.717, 1.165) is 18.4 Å². The van der Waals surface area contributed by atoms with Gasteiger partial charge in [-0.15, -0.1) is 0 Å². The second-order valence-electron chi connectivity index (χ2n) is 9.14. The topological polar surface area (TPSA) is 71.2 Å². The Labute approximate surface area is 189 Å². The lowest BCUT2D eigenvalue weighted by atomic mass is 10.1. The molecule has 2 heterocycles. The number of ether oxygens (including phenoxy) is 2. The zero-order valence-corrected chi connectivity index (χ0v) is 19.0. The van der Waals surface area contributed by atoms with Gasteiger partial charge in [0.1, 0.15) is 11.5 Å². The Kier molecular flexibility index (Phi) is 7.78. The van der Waals surface area contributed by atoms with Crippen LogP contribution in [0.4, 0.5) is 10.3 Å². The molecule has 2 aliphatic rings. The smallest absolute Gasteiger partial charge is 0.232 e. The maximum absolute atomic E-state index is 14.6. The van der Waals surface area contributed by atoms with Crippen molar-refractivity contribution in [1.29, 1.82) is 0 Å². The first kappa shape index (κ1) is 23.2. The minimum absolute atomic E-state index is 0.307. The van der Waals surface area contributed by atoms with Crippen molar-refractivity contribution >= 4 is 5.88 Å². The Morgan fingerprint density at radius 2 is 1.97 bits per heavy atom. The van der Waals surface area contributed by atoms with E-state index < -0.39 is 6.10 Å². The van der Waals surface area contributed by atoms with Crippen molar-refractivity contribution in [3.05, 3.63) is 35.6 Å². The van der Waals surface area contributed by atoms with Crippen LogP contribution in [0, 0.1) is 11.7 Å². The molecule has 1 aliphatic heterocycles. The minimum atomic E-state index is -0.585. The molecule has 32 heavy (non-hydrogen) atoms. The highest BCUT2D eigenvalue weighted by atomic mass is 19.1. The fourth-order valence-electron chi connectivity index (χ4n) is 4.07. The number of aliphatic hydroxyl groups is 1. The quantitative estimate of drug-likeness (QED) is 0.567. The lowest BCUT2D eigenvalue weighted by Gasteiger charge is -2.29. The number of hydrogen-bond donors (Lipinski definition) is 1. The third-order valence-electron chi connectivity index (χ3n) is 5.83. The summed E-state index contributed by atoms with van der Waals surface area (Å²) in [6.07, 6.45) is 1.59. The fraction of sp³-hybridized carbons (Fsp3) is 0.625. The highest BCUT2D eigenvalue weighted by Crippen LogP contribution is 2.37. The predicted octanol–water partition coefficient (Wildman–Crippen LogP) is 3.32. The van der Waals surface area contributed by atoms with Crippen LogP contribution in [0.2, 0.25) is 0 Å². The summed E-state index contributed by atoms with van der Waals surface area (Å²) in [6, 6.07) is 7.05. The molecule has 1 unspecified atom stereocenters. The minimum Gasteiger partial charge on any atom is -0.389 e. The molecule has 1 N–H and O–H groups in total. The molecule has 7 nitrogen and oxygen atoms in total. The monoisotopic (exact) mass is 447 g/mol. The summed E-state index contributed by atoms with van der Waals surface area (Å²) >= 11 is 0. The van der Waals surface area contributed by atoms with Gasteiger partial charge in [0.05, 0.1) is 31.5 Å². The van der Waals surface area contributed by atoms with E-state index in [1.165, 1.54) is 6.07 Å². The number of anilines is 1. The van der Waals surface area contributed by atoms with Crippen LogP contribution < -0.4 is 4.90 Å². The molecular weight excluding hydrogens is 413 g/mol. The van der Waals surface area contributed by atoms with E-state index in [4.69, 9.17) is 14.0 Å². The van der Waals surface area contributed by atoms with E-state index in [0.29, 0.717) is 81.7 Å². The van der Waals surface area contributed by atoms with Crippen molar-refractivity contribution < 1.29 is 23.5 Å². The van der Waals surface area contributed by atoms with Gasteiger partial charge in [0, 0.05) is 44.4 Å². The number of nitrogens with zero attached hydrogens (tertiary/aromatic N) is 3. The normalized spacial score (nSPS) is 18.0. The zero-order chi connectivity index (χ0) is 22.5. The Bertz CT molecular complexity index is 865. The standard InChI is InChI=1S/C24H34FN3O4/c1-17(2)15-31-16-19(29)13-28(18-7-8-18)14-21-23(20-5-3-4-6-22(20)25)26-32-24(21)27-9-11-30-12-10-27/h3-6,17-19,29H,7-16H2,1-2H3. The average molecular weight is 448 g/mol. The third-order valence-corrected chi connectivity index (χ3v) is 5.83. The molecule has 0 spiro atoms. The van der Waals surface area contributed by atoms with Gasteiger partial charge in [-0.3, -0.25) is 4.90 Å². The molecule has 4 rings (SSSR count). The maximum atomic E-state index is 14.6. The van der Waals surface area contributed by atoms with Gasteiger partial charge in [-0.05, 0) is 30.9 Å². The zero-order valence-electron chi connectivity index (χ0n) is 19.0. The van der Waals surface area contributed by atoms with E-state index in [1.807, 2.05) is 0 Å². The number of halogens is 1. The molecule has 176 valence electrons. The van der Waals surface area contributed by atoms with Gasteiger partial charge < -0.3 is 24.0 Å². The van der Waals surface area contributed by atoms with E-state index in [1.54, 1.807) is 18.2 Å². The Balaban J connectivity index is 1.56. The Morgan fingerprint density at radius 3 is 2.66 bits per heavy atom. The van der Waals surface area contributed by atoms with Crippen LogP contribution in [0.15, 0.2) is 28.8 Å². The molecule has 0 bridgehead atoms. The summed E-state index contributed by atoms with van der Waals surface area (Å²) in [5.74, 6) is 0.775. The van der Waals surface area contributed by atoms with E-state index >= 15 is 0 Å². The maximum Gasteiger partial charge on any atom is 0.232 e. The largest absolute Gasteiger partial charge is 0.389 e. The van der Waals surface area contributed by atoms with Gasteiger partial charge in [-0.2, -0.15) is 0 Å². The number of aromatic nitrogens is 1. The molecule has 0 radical (unpaired) electrons. The highest BCUT2D eigenvalue weighted by Gasteiger charge is 2.34. The second kappa shape index (κ2) is 10.7. The number of benzene rings is 1. The lowest BCUT2D eigenvalue weighted by Crippen LogP contribution is -2.38. The molecule has 2 aromatic rings. The van der Waals surface area contributed by atoms with Crippen LogP contribution in [0.3, 0.4) is 0 Å². The van der Waals surface area contributed by atoms with E-state index in [9.17, 15) is 9.50 Å². The van der Waals surface area contributed by atoms with Crippen molar-refractivity contribution in [2.75, 3.05) is 51.0 Å². The van der Waals surface area contributed by atoms with Crippen molar-refractivity contribution in [3.63, 3.8) is 0 Å². The van der Waals surface area contributed by atoms with Crippen LogP contribution in [-0.2, 0) is 16.0 Å². The summed E-state index contributed by atoms with van der Waals surface area (Å²) in [5, 5.41) is 14.9. The molecule has 1 saturated heterocycles. The van der Waals surface area contributed by atoms with Gasteiger partial charge in [0.25, 0.3) is 0 Å². The van der Waals surface area contributed by atoms with Crippen LogP contribution in [0.5, 0.6) is 0 Å². The van der Waals surface area contributed by atoms with Crippen molar-refractivity contribution in [2.45, 2.75) is 45.4 Å². The summed E-state index contributed by atoms with van der Waals surface area (Å²) < 4.78 is 31.6. The predicted molar refractivity (Wildman–Crippen MR) is 120 cm³/mol. The highest BCUT2D eigenvalue weighted by molar-refractivity contribution is 5.69. The van der Waals surface area contributed by atoms with Crippen molar-refractivity contribution in [3.8, 4) is 11.3 Å².